The van der Waals surface area contributed by atoms with E-state index in [0.29, 0.717) is 43.5 Å². The topological polar surface area (TPSA) is 279 Å². The summed E-state index contributed by atoms with van der Waals surface area (Å²) in [4.78, 5) is 172. The van der Waals surface area contributed by atoms with Gasteiger partial charge in [-0.1, -0.05) is 147 Å². The van der Waals surface area contributed by atoms with Crippen molar-refractivity contribution in [2.75, 3.05) is 61.9 Å². The Kier molecular flexibility index (Phi) is 31.4. The molecule has 23 heteroatoms. The summed E-state index contributed by atoms with van der Waals surface area (Å²) in [5.41, 5.74) is 2.98. The van der Waals surface area contributed by atoms with Gasteiger partial charge in [0.25, 0.3) is 0 Å². The van der Waals surface area contributed by atoms with Crippen LogP contribution in [0.1, 0.15) is 149 Å². The zero-order valence-electron chi connectivity index (χ0n) is 61.0. The Bertz CT molecular complexity index is 3180. The molecule has 2 heterocycles. The number of likely N-dealkylation sites (tertiary alicyclic amines) is 1. The Balaban J connectivity index is 1.61. The first-order valence-electron chi connectivity index (χ1n) is 35.2. The molecule has 5 rings (SSSR count). The van der Waals surface area contributed by atoms with Crippen molar-refractivity contribution in [3.63, 3.8) is 0 Å². The van der Waals surface area contributed by atoms with Gasteiger partial charge in [0, 0.05) is 81.1 Å². The molecule has 0 aliphatic carbocycles. The number of hydrogen-bond acceptors (Lipinski definition) is 12. The molecule has 98 heavy (non-hydrogen) atoms. The number of nitrogens with one attached hydrogen (secondary N) is 4. The molecule has 0 saturated carbocycles. The van der Waals surface area contributed by atoms with E-state index in [-0.39, 0.29) is 74.5 Å². The molecule has 0 spiro atoms. The number of aliphatic hydroxyl groups excluding tert-OH is 1. The Morgan fingerprint density at radius 1 is 0.510 bits per heavy atom. The van der Waals surface area contributed by atoms with E-state index >= 15 is 9.59 Å². The lowest BCUT2D eigenvalue weighted by Gasteiger charge is -2.38. The molecule has 0 radical (unpaired) electrons. The third-order valence-electron chi connectivity index (χ3n) is 19.1. The van der Waals surface area contributed by atoms with E-state index in [1.165, 1.54) is 80.6 Å². The minimum atomic E-state index is -1.63. The van der Waals surface area contributed by atoms with Crippen molar-refractivity contribution < 1.29 is 57.8 Å². The van der Waals surface area contributed by atoms with E-state index in [1.807, 2.05) is 90.9 Å². The second kappa shape index (κ2) is 38.2. The van der Waals surface area contributed by atoms with Gasteiger partial charge in [-0.2, -0.15) is 0 Å². The largest absolute Gasteiger partial charge is 0.391 e. The maximum Gasteiger partial charge on any atom is 0.248 e. The Labute approximate surface area is 581 Å². The number of aryl methyl sites for hydroxylation is 1. The first kappa shape index (κ1) is 80.5. The summed E-state index contributed by atoms with van der Waals surface area (Å²) in [6, 6.07) is 14.6. The summed E-state index contributed by atoms with van der Waals surface area (Å²) < 4.78 is 0. The molecule has 11 amide bonds. The smallest absolute Gasteiger partial charge is 0.248 e. The maximum absolute atomic E-state index is 15.3. The van der Waals surface area contributed by atoms with Crippen molar-refractivity contribution in [3.05, 3.63) is 107 Å². The molecule has 2 aliphatic heterocycles. The number of rotatable bonds is 14. The van der Waals surface area contributed by atoms with Gasteiger partial charge in [0.2, 0.25) is 65.0 Å². The summed E-state index contributed by atoms with van der Waals surface area (Å²) in [5, 5.41) is 22.8. The first-order chi connectivity index (χ1) is 46.3. The highest BCUT2D eigenvalue weighted by Crippen LogP contribution is 2.24. The van der Waals surface area contributed by atoms with Gasteiger partial charge in [-0.05, 0) is 111 Å². The summed E-state index contributed by atoms with van der Waals surface area (Å²) in [5.74, 6) is -7.43. The summed E-state index contributed by atoms with van der Waals surface area (Å²) in [7, 11) is 8.66. The molecule has 3 aromatic carbocycles. The van der Waals surface area contributed by atoms with E-state index in [4.69, 9.17) is 0 Å². The fourth-order valence-corrected chi connectivity index (χ4v) is 13.1. The minimum Gasteiger partial charge on any atom is -0.391 e. The standard InChI is InChI=1S/C75H113N11O12/c1-17-50(8)66-69(92)79-65(52(10)87)75(98)80(11)46-64(89)81(12)59(40-48(4)5)68(91)78-58(72(95)86-37-25-20-26-38-86)43-56-35-27-33-53(42-56)34-28-36-63(88)77-57(39-47(2)3)71(94)84(15)61(41-49(6)7)73(96)82(13)60(44-54-29-21-18-22-30-54)67(90)76-51(9)70(93)83(14)62(74(97)85(66)16)45-55-31-23-19-24-32-55/h18-19,21-24,27,29-33,35,42,47-52,57-62,65-66,87H,17,20,25-26,28,34,36-41,43-46H2,1-16H3,(H,76,90)(H,77,88)(H,78,91)(H,79,92)/t50-,51-,52+,57-,58-,59-,60-,61-,62-,65-,66-/m0/s1. The molecule has 1 saturated heterocycles. The van der Waals surface area contributed by atoms with Crippen molar-refractivity contribution >= 4 is 65.0 Å². The highest BCUT2D eigenvalue weighted by Gasteiger charge is 2.43. The van der Waals surface area contributed by atoms with Gasteiger partial charge in [-0.25, -0.2) is 0 Å². The quantitative estimate of drug-likeness (QED) is 0.140. The molecule has 2 aliphatic rings. The molecule has 540 valence electrons. The van der Waals surface area contributed by atoms with Crippen LogP contribution in [0.25, 0.3) is 0 Å². The molecule has 2 bridgehead atoms. The number of benzene rings is 3. The summed E-state index contributed by atoms with van der Waals surface area (Å²) in [6.07, 6.45) is 3.04. The van der Waals surface area contributed by atoms with E-state index in [0.717, 1.165) is 35.3 Å². The van der Waals surface area contributed by atoms with E-state index < -0.39 is 126 Å². The fraction of sp³-hybridized carbons (Fsp3) is 0.613. The fourth-order valence-electron chi connectivity index (χ4n) is 13.1. The van der Waals surface area contributed by atoms with Crippen molar-refractivity contribution in [1.82, 2.24) is 55.6 Å². The lowest BCUT2D eigenvalue weighted by atomic mass is 9.94. The van der Waals surface area contributed by atoms with Crippen molar-refractivity contribution in [3.8, 4) is 0 Å². The van der Waals surface area contributed by atoms with Gasteiger partial charge in [0.1, 0.15) is 54.4 Å². The van der Waals surface area contributed by atoms with Crippen LogP contribution in [0, 0.1) is 23.7 Å². The van der Waals surface area contributed by atoms with Crippen LogP contribution in [0.15, 0.2) is 84.9 Å². The number of amides is 11. The molecule has 0 unspecified atom stereocenters. The Morgan fingerprint density at radius 2 is 1.03 bits per heavy atom. The van der Waals surface area contributed by atoms with Gasteiger partial charge in [0.15, 0.2) is 0 Å². The summed E-state index contributed by atoms with van der Waals surface area (Å²) >= 11 is 0. The third-order valence-corrected chi connectivity index (χ3v) is 19.1. The SMILES string of the molecule is CC[C@H](C)[C@H]1C(=O)N[C@@H]([C@@H](C)O)C(=O)N(C)CC(=O)N(C)[C@@H](CC(C)C)C(=O)N[C@H](C(=O)N2CCCCC2)Cc2cccc(c2)CCCC(=O)N[C@@H](CC(C)C)C(=O)N(C)[C@@H](CC(C)C)C(=O)N(C)[C@@H](Cc2ccccc2)C(=O)N[C@@H](C)C(=O)N(C)[C@@H](Cc2ccccc2)C(=O)N1C. The molecular weight excluding hydrogens is 1250 g/mol. The van der Waals surface area contributed by atoms with Gasteiger partial charge in [0.05, 0.1) is 12.6 Å². The second-order valence-electron chi connectivity index (χ2n) is 28.6. The monoisotopic (exact) mass is 1360 g/mol. The highest BCUT2D eigenvalue weighted by atomic mass is 16.3. The Hall–Kier alpha value is -8.21. The van der Waals surface area contributed by atoms with Crippen molar-refractivity contribution in [1.29, 1.82) is 0 Å². The molecule has 23 nitrogen and oxygen atoms in total. The van der Waals surface area contributed by atoms with Crippen LogP contribution in [0.3, 0.4) is 0 Å². The number of hydrogen-bond donors (Lipinski definition) is 5. The minimum absolute atomic E-state index is 0.0102. The average Bonchev–Trinajstić information content (AvgIpc) is 0.814. The number of aliphatic hydroxyl groups is 1. The number of piperidine rings is 1. The summed E-state index contributed by atoms with van der Waals surface area (Å²) in [6.45, 7) is 18.3. The normalized spacial score (nSPS) is 24.7. The predicted molar refractivity (Wildman–Crippen MR) is 377 cm³/mol. The molecule has 3 aromatic rings. The lowest BCUT2D eigenvalue weighted by molar-refractivity contribution is -0.151. The maximum atomic E-state index is 15.3. The van der Waals surface area contributed by atoms with Crippen LogP contribution in [0.5, 0.6) is 0 Å². The zero-order chi connectivity index (χ0) is 72.8. The molecule has 1 fully saturated rings. The van der Waals surface area contributed by atoms with Crippen LogP contribution < -0.4 is 21.3 Å². The number of carbonyl (C=O) groups excluding carboxylic acids is 11. The van der Waals surface area contributed by atoms with Crippen molar-refractivity contribution in [2.45, 2.75) is 213 Å². The van der Waals surface area contributed by atoms with Crippen LogP contribution in [-0.4, -0.2) is 227 Å². The second-order valence-corrected chi connectivity index (χ2v) is 28.6. The average molecular weight is 1360 g/mol. The number of fused-ring (bicyclic) bond motifs is 2. The number of nitrogens with zero attached hydrogens (tertiary/aromatic N) is 7. The number of carbonyl (C=O) groups is 11. The predicted octanol–water partition coefficient (Wildman–Crippen LogP) is 5.18. The molecule has 5 N–H and O–H groups in total. The zero-order valence-corrected chi connectivity index (χ0v) is 61.0. The van der Waals surface area contributed by atoms with Gasteiger partial charge >= 0.3 is 0 Å². The highest BCUT2D eigenvalue weighted by molar-refractivity contribution is 5.99. The first-order valence-corrected chi connectivity index (χ1v) is 35.2. The van der Waals surface area contributed by atoms with E-state index in [2.05, 4.69) is 21.3 Å². The van der Waals surface area contributed by atoms with Crippen LogP contribution in [0.2, 0.25) is 0 Å². The Morgan fingerprint density at radius 3 is 1.59 bits per heavy atom. The van der Waals surface area contributed by atoms with Gasteiger partial charge < -0.3 is 60.7 Å². The third kappa shape index (κ3) is 22.9. The molecule has 11 atom stereocenters. The van der Waals surface area contributed by atoms with E-state index in [9.17, 15) is 48.3 Å². The van der Waals surface area contributed by atoms with Crippen LogP contribution in [0.4, 0.5) is 0 Å². The number of likely N-dealkylation sites (N-methyl/N-ethyl adjacent to an activating group) is 6. The van der Waals surface area contributed by atoms with Crippen LogP contribution >= 0.6 is 0 Å². The van der Waals surface area contributed by atoms with E-state index in [1.54, 1.807) is 54.3 Å². The van der Waals surface area contributed by atoms with Gasteiger partial charge in [-0.3, -0.25) is 52.7 Å². The molecule has 0 aromatic heterocycles. The lowest BCUT2D eigenvalue weighted by Crippen LogP contribution is -2.62. The van der Waals surface area contributed by atoms with Crippen molar-refractivity contribution in [2.24, 2.45) is 23.7 Å². The van der Waals surface area contributed by atoms with Crippen LogP contribution in [-0.2, 0) is 78.4 Å². The molecular formula is C75H113N11O12. The van der Waals surface area contributed by atoms with Gasteiger partial charge in [-0.15, -0.1) is 0 Å².